The fourth-order valence-corrected chi connectivity index (χ4v) is 2.10. The molecule has 0 saturated heterocycles. The van der Waals surface area contributed by atoms with Gasteiger partial charge in [0.2, 0.25) is 0 Å². The number of thiophene rings is 1. The van der Waals surface area contributed by atoms with E-state index in [0.717, 1.165) is 5.69 Å². The third-order valence-corrected chi connectivity index (χ3v) is 2.85. The molecule has 0 fully saturated rings. The Bertz CT molecular complexity index is 337. The molecule has 0 radical (unpaired) electrons. The lowest BCUT2D eigenvalue weighted by Crippen LogP contribution is -1.75. The zero-order valence-corrected chi connectivity index (χ0v) is 7.58. The van der Waals surface area contributed by atoms with Gasteiger partial charge in [0.25, 0.3) is 0 Å². The molecule has 4 heteroatoms. The molecule has 0 spiro atoms. The molecule has 0 unspecified atom stereocenters. The summed E-state index contributed by atoms with van der Waals surface area (Å²) in [5, 5.41) is 8.04. The summed E-state index contributed by atoms with van der Waals surface area (Å²) in [5.41, 5.74) is 2.21. The second-order valence-electron chi connectivity index (χ2n) is 2.18. The zero-order chi connectivity index (χ0) is 7.68. The number of rotatable bonds is 1. The Hall–Kier alpha value is -0.740. The van der Waals surface area contributed by atoms with Crippen LogP contribution in [0.1, 0.15) is 4.88 Å². The van der Waals surface area contributed by atoms with Crippen LogP contribution < -0.4 is 0 Å². The lowest BCUT2D eigenvalue weighted by molar-refractivity contribution is 1.16. The van der Waals surface area contributed by atoms with Crippen LogP contribution in [0.25, 0.3) is 11.3 Å². The minimum Gasteiger partial charge on any atom is -0.149 e. The van der Waals surface area contributed by atoms with Gasteiger partial charge < -0.3 is 0 Å². The lowest BCUT2D eigenvalue weighted by Gasteiger charge is -1.89. The van der Waals surface area contributed by atoms with Gasteiger partial charge in [-0.2, -0.15) is 0 Å². The Labute approximate surface area is 72.7 Å². The molecule has 0 bridgehead atoms. The molecule has 0 atom stereocenters. The van der Waals surface area contributed by atoms with E-state index in [1.54, 1.807) is 11.3 Å². The fraction of sp³-hybridized carbons (Fsp3) is 0.143. The van der Waals surface area contributed by atoms with Gasteiger partial charge in [0.05, 0.1) is 0 Å². The van der Waals surface area contributed by atoms with Crippen LogP contribution in [0.4, 0.5) is 0 Å². The second kappa shape index (κ2) is 2.71. The third-order valence-electron chi connectivity index (χ3n) is 1.49. The molecule has 0 aliphatic carbocycles. The molecule has 11 heavy (non-hydrogen) atoms. The standard InChI is InChI=1S/C7H6N2S2/c1-5-6(2-3-10-5)7-4-11-9-8-7/h2-4H,1H3. The SMILES string of the molecule is Cc1sccc1-c1csnn1. The van der Waals surface area contributed by atoms with Gasteiger partial charge in [-0.3, -0.25) is 0 Å². The Morgan fingerprint density at radius 1 is 1.45 bits per heavy atom. The molecule has 2 aromatic rings. The maximum atomic E-state index is 3.99. The van der Waals surface area contributed by atoms with E-state index >= 15 is 0 Å². The maximum Gasteiger partial charge on any atom is 0.106 e. The molecular formula is C7H6N2S2. The number of nitrogens with zero attached hydrogens (tertiary/aromatic N) is 2. The molecular weight excluding hydrogens is 176 g/mol. The average molecular weight is 182 g/mol. The van der Waals surface area contributed by atoms with Crippen molar-refractivity contribution in [3.8, 4) is 11.3 Å². The molecule has 2 rings (SSSR count). The largest absolute Gasteiger partial charge is 0.149 e. The molecule has 0 saturated carbocycles. The molecule has 2 aromatic heterocycles. The van der Waals surface area contributed by atoms with Gasteiger partial charge in [-0.15, -0.1) is 16.4 Å². The van der Waals surface area contributed by atoms with Crippen molar-refractivity contribution in [3.05, 3.63) is 21.7 Å². The summed E-state index contributed by atoms with van der Waals surface area (Å²) in [4.78, 5) is 1.30. The molecule has 0 amide bonds. The van der Waals surface area contributed by atoms with Crippen molar-refractivity contribution in [2.45, 2.75) is 6.92 Å². The van der Waals surface area contributed by atoms with Gasteiger partial charge in [0, 0.05) is 15.8 Å². The normalized spacial score (nSPS) is 10.3. The predicted octanol–water partition coefficient (Wildman–Crippen LogP) is 2.58. The summed E-state index contributed by atoms with van der Waals surface area (Å²) in [6, 6.07) is 2.08. The smallest absolute Gasteiger partial charge is 0.106 e. The van der Waals surface area contributed by atoms with Gasteiger partial charge in [-0.25, -0.2) is 0 Å². The first-order valence-corrected chi connectivity index (χ1v) is 4.91. The third kappa shape index (κ3) is 1.19. The van der Waals surface area contributed by atoms with Crippen molar-refractivity contribution < 1.29 is 0 Å². The van der Waals surface area contributed by atoms with Crippen molar-refractivity contribution in [1.29, 1.82) is 0 Å². The average Bonchev–Trinajstić information content (AvgIpc) is 2.55. The highest BCUT2D eigenvalue weighted by molar-refractivity contribution is 7.10. The lowest BCUT2D eigenvalue weighted by atomic mass is 10.2. The summed E-state index contributed by atoms with van der Waals surface area (Å²) < 4.78 is 3.82. The Morgan fingerprint density at radius 3 is 2.91 bits per heavy atom. The molecule has 0 aromatic carbocycles. The van der Waals surface area contributed by atoms with Gasteiger partial charge in [0.15, 0.2) is 0 Å². The quantitative estimate of drug-likeness (QED) is 0.677. The minimum absolute atomic E-state index is 0.994. The van der Waals surface area contributed by atoms with E-state index in [1.165, 1.54) is 22.0 Å². The summed E-state index contributed by atoms with van der Waals surface area (Å²) in [5.74, 6) is 0. The first-order chi connectivity index (χ1) is 5.38. The van der Waals surface area contributed by atoms with Crippen LogP contribution in [0.15, 0.2) is 16.8 Å². The number of hydrogen-bond acceptors (Lipinski definition) is 4. The van der Waals surface area contributed by atoms with Gasteiger partial charge in [-0.1, -0.05) is 4.49 Å². The fourth-order valence-electron chi connectivity index (χ4n) is 0.933. The number of hydrogen-bond donors (Lipinski definition) is 0. The van der Waals surface area contributed by atoms with Crippen molar-refractivity contribution in [1.82, 2.24) is 9.59 Å². The van der Waals surface area contributed by atoms with Crippen molar-refractivity contribution in [3.63, 3.8) is 0 Å². The van der Waals surface area contributed by atoms with Crippen molar-refractivity contribution >= 4 is 22.9 Å². The number of aryl methyl sites for hydroxylation is 1. The van der Waals surface area contributed by atoms with Crippen LogP contribution in [0.5, 0.6) is 0 Å². The molecule has 0 aliphatic rings. The van der Waals surface area contributed by atoms with E-state index in [1.807, 2.05) is 5.38 Å². The van der Waals surface area contributed by atoms with Crippen LogP contribution in [0, 0.1) is 6.92 Å². The van der Waals surface area contributed by atoms with Crippen LogP contribution in [-0.2, 0) is 0 Å². The summed E-state index contributed by atoms with van der Waals surface area (Å²) >= 11 is 3.13. The molecule has 2 heterocycles. The van der Waals surface area contributed by atoms with E-state index in [2.05, 4.69) is 28.0 Å². The molecule has 2 nitrogen and oxygen atoms in total. The van der Waals surface area contributed by atoms with Crippen molar-refractivity contribution in [2.75, 3.05) is 0 Å². The molecule has 0 aliphatic heterocycles. The summed E-state index contributed by atoms with van der Waals surface area (Å²) in [6.07, 6.45) is 0. The zero-order valence-electron chi connectivity index (χ0n) is 5.94. The Morgan fingerprint density at radius 2 is 2.36 bits per heavy atom. The van der Waals surface area contributed by atoms with Crippen molar-refractivity contribution in [2.24, 2.45) is 0 Å². The first kappa shape index (κ1) is 6.94. The number of aromatic nitrogens is 2. The summed E-state index contributed by atoms with van der Waals surface area (Å²) in [6.45, 7) is 2.10. The van der Waals surface area contributed by atoms with Crippen LogP contribution in [0.2, 0.25) is 0 Å². The van der Waals surface area contributed by atoms with Crippen LogP contribution in [0.3, 0.4) is 0 Å². The van der Waals surface area contributed by atoms with E-state index in [9.17, 15) is 0 Å². The van der Waals surface area contributed by atoms with Crippen LogP contribution >= 0.6 is 22.9 Å². The second-order valence-corrected chi connectivity index (χ2v) is 3.91. The van der Waals surface area contributed by atoms with E-state index in [4.69, 9.17) is 0 Å². The van der Waals surface area contributed by atoms with E-state index < -0.39 is 0 Å². The summed E-state index contributed by atoms with van der Waals surface area (Å²) in [7, 11) is 0. The monoisotopic (exact) mass is 182 g/mol. The predicted molar refractivity (Wildman–Crippen MR) is 48.0 cm³/mol. The maximum absolute atomic E-state index is 3.99. The van der Waals surface area contributed by atoms with Gasteiger partial charge >= 0.3 is 0 Å². The Kier molecular flexibility index (Phi) is 1.71. The highest BCUT2D eigenvalue weighted by Gasteiger charge is 2.04. The van der Waals surface area contributed by atoms with Gasteiger partial charge in [0.1, 0.15) is 5.69 Å². The van der Waals surface area contributed by atoms with E-state index in [0.29, 0.717) is 0 Å². The highest BCUT2D eigenvalue weighted by Crippen LogP contribution is 2.25. The first-order valence-electron chi connectivity index (χ1n) is 3.19. The topological polar surface area (TPSA) is 25.8 Å². The molecule has 56 valence electrons. The molecule has 0 N–H and O–H groups in total. The van der Waals surface area contributed by atoms with E-state index in [-0.39, 0.29) is 0 Å². The Balaban J connectivity index is 2.53. The van der Waals surface area contributed by atoms with Gasteiger partial charge in [-0.05, 0) is 29.9 Å². The van der Waals surface area contributed by atoms with Crippen LogP contribution in [-0.4, -0.2) is 9.59 Å². The minimum atomic E-state index is 0.994. The highest BCUT2D eigenvalue weighted by atomic mass is 32.1.